The van der Waals surface area contributed by atoms with Crippen molar-refractivity contribution in [1.82, 2.24) is 5.32 Å². The third-order valence-corrected chi connectivity index (χ3v) is 3.64. The molecule has 1 aliphatic rings. The molecule has 1 fully saturated rings. The van der Waals surface area contributed by atoms with Crippen LogP contribution in [0.4, 0.5) is 13.2 Å². The summed E-state index contributed by atoms with van der Waals surface area (Å²) in [4.78, 5) is 11.1. The minimum Gasteiger partial charge on any atom is -0.656 e. The minimum absolute atomic E-state index is 0.162. The lowest BCUT2D eigenvalue weighted by molar-refractivity contribution is -0.153. The number of carbonyl (C=O) groups is 1. The number of amides is 1. The van der Waals surface area contributed by atoms with E-state index in [1.165, 1.54) is 0 Å². The second-order valence-electron chi connectivity index (χ2n) is 5.39. The number of nitrogens with zero attached hydrogens (tertiary/aromatic N) is 1. The summed E-state index contributed by atoms with van der Waals surface area (Å²) in [6.45, 7) is 0.716. The zero-order chi connectivity index (χ0) is 16.2. The van der Waals surface area contributed by atoms with Gasteiger partial charge >= 0.3 is 6.18 Å². The number of carbonyl (C=O) groups excluding carboxylic acids is 1. The van der Waals surface area contributed by atoms with Gasteiger partial charge in [-0.2, -0.15) is 13.2 Å². The maximum atomic E-state index is 12.0. The molecule has 1 amide bonds. The molecule has 1 saturated carbocycles. The van der Waals surface area contributed by atoms with Gasteiger partial charge in [-0.05, 0) is 23.6 Å². The summed E-state index contributed by atoms with van der Waals surface area (Å²) in [5.74, 6) is -1.01. The van der Waals surface area contributed by atoms with Gasteiger partial charge in [-0.25, -0.2) is 0 Å². The van der Waals surface area contributed by atoms with Crippen molar-refractivity contribution >= 4 is 17.5 Å². The van der Waals surface area contributed by atoms with Crippen molar-refractivity contribution in [3.63, 3.8) is 0 Å². The van der Waals surface area contributed by atoms with E-state index < -0.39 is 18.5 Å². The van der Waals surface area contributed by atoms with Crippen molar-refractivity contribution in [1.29, 1.82) is 0 Å². The molecule has 1 N–H and O–H groups in total. The molecule has 0 radical (unpaired) electrons. The Labute approximate surface area is 132 Å². The maximum Gasteiger partial charge on any atom is 0.397 e. The summed E-state index contributed by atoms with van der Waals surface area (Å²) in [5.41, 5.74) is 1.82. The van der Waals surface area contributed by atoms with E-state index in [-0.39, 0.29) is 6.54 Å². The minimum atomic E-state index is -4.47. The van der Waals surface area contributed by atoms with Crippen LogP contribution in [-0.2, 0) is 17.8 Å². The molecule has 2 rings (SSSR count). The van der Waals surface area contributed by atoms with E-state index in [0.29, 0.717) is 24.0 Å². The third-order valence-electron chi connectivity index (χ3n) is 3.27. The largest absolute Gasteiger partial charge is 0.656 e. The Kier molecular flexibility index (Phi) is 5.69. The first-order chi connectivity index (χ1) is 10.3. The number of halogens is 4. The van der Waals surface area contributed by atoms with Crippen LogP contribution >= 0.6 is 11.6 Å². The summed E-state index contributed by atoms with van der Waals surface area (Å²) >= 11 is 6.10. The van der Waals surface area contributed by atoms with Gasteiger partial charge in [-0.3, -0.25) is 4.79 Å². The SMILES string of the molecule is O=C(CC(F)(F)F)NCCc1ccc(Cl)c(C[N-]C2CC2)c1. The Morgan fingerprint density at radius 1 is 1.36 bits per heavy atom. The van der Waals surface area contributed by atoms with Crippen LogP contribution in [0, 0.1) is 0 Å². The van der Waals surface area contributed by atoms with E-state index in [2.05, 4.69) is 10.6 Å². The fraction of sp³-hybridized carbons (Fsp3) is 0.533. The van der Waals surface area contributed by atoms with Crippen LogP contribution in [0.5, 0.6) is 0 Å². The van der Waals surface area contributed by atoms with Crippen LogP contribution in [0.2, 0.25) is 5.02 Å². The lowest BCUT2D eigenvalue weighted by atomic mass is 10.1. The van der Waals surface area contributed by atoms with Gasteiger partial charge in [0.25, 0.3) is 0 Å². The highest BCUT2D eigenvalue weighted by Gasteiger charge is 2.30. The monoisotopic (exact) mass is 333 g/mol. The molecular formula is C15H17ClF3N2O-. The van der Waals surface area contributed by atoms with Crippen LogP contribution in [0.25, 0.3) is 5.32 Å². The first-order valence-corrected chi connectivity index (χ1v) is 7.48. The van der Waals surface area contributed by atoms with Gasteiger partial charge in [0.05, 0.1) is 0 Å². The van der Waals surface area contributed by atoms with E-state index in [1.54, 1.807) is 12.1 Å². The molecule has 1 aromatic rings. The number of benzene rings is 1. The lowest BCUT2D eigenvalue weighted by Crippen LogP contribution is -2.30. The molecule has 0 aromatic heterocycles. The van der Waals surface area contributed by atoms with Gasteiger partial charge in [0.2, 0.25) is 5.91 Å². The van der Waals surface area contributed by atoms with Gasteiger partial charge in [0, 0.05) is 11.6 Å². The van der Waals surface area contributed by atoms with Crippen molar-refractivity contribution in [3.05, 3.63) is 39.7 Å². The van der Waals surface area contributed by atoms with Crippen LogP contribution in [0.1, 0.15) is 30.4 Å². The fourth-order valence-corrected chi connectivity index (χ4v) is 2.16. The smallest absolute Gasteiger partial charge is 0.397 e. The fourth-order valence-electron chi connectivity index (χ4n) is 1.98. The molecule has 0 atom stereocenters. The molecule has 7 heteroatoms. The zero-order valence-electron chi connectivity index (χ0n) is 11.9. The van der Waals surface area contributed by atoms with Crippen LogP contribution in [-0.4, -0.2) is 24.7 Å². The summed E-state index contributed by atoms with van der Waals surface area (Å²) in [5, 5.41) is 7.38. The molecule has 3 nitrogen and oxygen atoms in total. The Bertz CT molecular complexity index is 530. The molecule has 1 aromatic carbocycles. The Hall–Kier alpha value is -1.27. The second kappa shape index (κ2) is 7.33. The van der Waals surface area contributed by atoms with E-state index in [4.69, 9.17) is 11.6 Å². The molecule has 0 bridgehead atoms. The zero-order valence-corrected chi connectivity index (χ0v) is 12.7. The molecule has 0 heterocycles. The average Bonchev–Trinajstić information content (AvgIpc) is 3.21. The van der Waals surface area contributed by atoms with Crippen molar-refractivity contribution in [2.24, 2.45) is 0 Å². The molecule has 122 valence electrons. The number of hydrogen-bond acceptors (Lipinski definition) is 1. The first kappa shape index (κ1) is 17.1. The average molecular weight is 334 g/mol. The van der Waals surface area contributed by atoms with E-state index in [0.717, 1.165) is 24.0 Å². The summed E-state index contributed by atoms with van der Waals surface area (Å²) in [6, 6.07) is 5.90. The second-order valence-corrected chi connectivity index (χ2v) is 5.80. The number of rotatable bonds is 7. The van der Waals surface area contributed by atoms with E-state index in [9.17, 15) is 18.0 Å². The van der Waals surface area contributed by atoms with Gasteiger partial charge < -0.3 is 10.6 Å². The quantitative estimate of drug-likeness (QED) is 0.805. The maximum absolute atomic E-state index is 12.0. The molecule has 0 saturated heterocycles. The van der Waals surface area contributed by atoms with Crippen molar-refractivity contribution in [3.8, 4) is 0 Å². The molecule has 22 heavy (non-hydrogen) atoms. The number of nitrogens with one attached hydrogen (secondary N) is 1. The van der Waals surface area contributed by atoms with Gasteiger partial charge in [0.1, 0.15) is 6.42 Å². The van der Waals surface area contributed by atoms with Gasteiger partial charge in [0.15, 0.2) is 0 Å². The number of hydrogen-bond donors (Lipinski definition) is 1. The molecule has 0 unspecified atom stereocenters. The van der Waals surface area contributed by atoms with Gasteiger partial charge in [-0.15, -0.1) is 12.6 Å². The van der Waals surface area contributed by atoms with Gasteiger partial charge in [-0.1, -0.05) is 36.6 Å². The third kappa shape index (κ3) is 6.23. The van der Waals surface area contributed by atoms with Crippen molar-refractivity contribution in [2.75, 3.05) is 6.54 Å². The predicted molar refractivity (Wildman–Crippen MR) is 78.9 cm³/mol. The molecule has 0 spiro atoms. The first-order valence-electron chi connectivity index (χ1n) is 7.11. The van der Waals surface area contributed by atoms with E-state index >= 15 is 0 Å². The standard InChI is InChI=1S/C15H17ClF3N2O/c16-13-4-1-10(7-11(13)9-21-12-2-3-12)5-6-20-14(22)8-15(17,18)19/h1,4,7,12H,2-3,5-6,8-9H2,(H,20,22)/q-1. The Morgan fingerprint density at radius 3 is 2.73 bits per heavy atom. The summed E-state index contributed by atoms with van der Waals surface area (Å²) < 4.78 is 36.1. The highest BCUT2D eigenvalue weighted by molar-refractivity contribution is 6.31. The van der Waals surface area contributed by atoms with Crippen LogP contribution < -0.4 is 5.32 Å². The van der Waals surface area contributed by atoms with Crippen LogP contribution in [0.3, 0.4) is 0 Å². The highest BCUT2D eigenvalue weighted by atomic mass is 35.5. The Balaban J connectivity index is 1.79. The van der Waals surface area contributed by atoms with Crippen molar-refractivity contribution in [2.45, 2.75) is 44.4 Å². The van der Waals surface area contributed by atoms with Crippen molar-refractivity contribution < 1.29 is 18.0 Å². The Morgan fingerprint density at radius 2 is 2.09 bits per heavy atom. The molecule has 0 aliphatic heterocycles. The summed E-state index contributed by atoms with van der Waals surface area (Å²) in [6.07, 6.45) is -3.21. The normalized spacial score (nSPS) is 14.9. The molecule has 1 aliphatic carbocycles. The summed E-state index contributed by atoms with van der Waals surface area (Å²) in [7, 11) is 0. The topological polar surface area (TPSA) is 43.2 Å². The highest BCUT2D eigenvalue weighted by Crippen LogP contribution is 2.31. The van der Waals surface area contributed by atoms with Crippen LogP contribution in [0.15, 0.2) is 18.2 Å². The lowest BCUT2D eigenvalue weighted by Gasteiger charge is -2.19. The predicted octanol–water partition coefficient (Wildman–Crippen LogP) is 3.99. The number of alkyl halides is 3. The van der Waals surface area contributed by atoms with E-state index in [1.807, 2.05) is 6.07 Å². The molecular weight excluding hydrogens is 317 g/mol.